The van der Waals surface area contributed by atoms with Crippen molar-refractivity contribution in [2.24, 2.45) is 23.7 Å². The quantitative estimate of drug-likeness (QED) is 0.628. The number of likely N-dealkylation sites (tertiary alicyclic amines) is 1. The van der Waals surface area contributed by atoms with Crippen LogP contribution in [0.1, 0.15) is 31.4 Å². The highest BCUT2D eigenvalue weighted by Gasteiger charge is 2.64. The number of piperidine rings is 2. The number of hydrogen-bond acceptors (Lipinski definition) is 4. The number of hydrogen-bond donors (Lipinski definition) is 3. The lowest BCUT2D eigenvalue weighted by atomic mass is 9.58. The van der Waals surface area contributed by atoms with E-state index in [4.69, 9.17) is 0 Å². The summed E-state index contributed by atoms with van der Waals surface area (Å²) >= 11 is 0. The third-order valence-corrected chi connectivity index (χ3v) is 7.91. The molecule has 3 heterocycles. The van der Waals surface area contributed by atoms with Gasteiger partial charge in [0.15, 0.2) is 0 Å². The van der Waals surface area contributed by atoms with Crippen LogP contribution in [0.2, 0.25) is 0 Å². The van der Waals surface area contributed by atoms with Crippen molar-refractivity contribution in [2.75, 3.05) is 19.6 Å². The second-order valence-electron chi connectivity index (χ2n) is 10.5. The van der Waals surface area contributed by atoms with E-state index < -0.39 is 5.54 Å². The molecule has 0 aromatic heterocycles. The Morgan fingerprint density at radius 3 is 2.62 bits per heavy atom. The third-order valence-electron chi connectivity index (χ3n) is 7.91. The number of carbonyl (C=O) groups is 1. The van der Waals surface area contributed by atoms with Gasteiger partial charge in [0, 0.05) is 38.1 Å². The van der Waals surface area contributed by atoms with Crippen molar-refractivity contribution in [1.29, 1.82) is 0 Å². The van der Waals surface area contributed by atoms with Gasteiger partial charge in [-0.2, -0.15) is 0 Å². The molecule has 0 radical (unpaired) electrons. The lowest BCUT2D eigenvalue weighted by Crippen LogP contribution is -2.74. The summed E-state index contributed by atoms with van der Waals surface area (Å²) in [5, 5.41) is 16.5. The van der Waals surface area contributed by atoms with Crippen molar-refractivity contribution in [3.63, 3.8) is 0 Å². The fourth-order valence-electron chi connectivity index (χ4n) is 6.65. The molecule has 0 unspecified atom stereocenters. The van der Waals surface area contributed by atoms with Gasteiger partial charge in [-0.25, -0.2) is 0 Å². The fourth-order valence-corrected chi connectivity index (χ4v) is 6.65. The average Bonchev–Trinajstić information content (AvgIpc) is 3.08. The Balaban J connectivity index is 1.43. The zero-order valence-corrected chi connectivity index (χ0v) is 19.1. The smallest absolute Gasteiger partial charge is 0.240 e. The number of benzene rings is 2. The molecule has 3 saturated heterocycles. The van der Waals surface area contributed by atoms with Gasteiger partial charge in [-0.05, 0) is 53.9 Å². The number of rotatable bonds is 7. The molecule has 5 nitrogen and oxygen atoms in total. The Morgan fingerprint density at radius 1 is 1.16 bits per heavy atom. The monoisotopic (exact) mass is 433 g/mol. The van der Waals surface area contributed by atoms with Crippen molar-refractivity contribution in [2.45, 2.75) is 44.8 Å². The SMILES string of the molecule is CC(C)CN1C[C@H]2C[C@]3(C(=O)NCc4ccc(O)cc4)NC[C@H]2[C@H]1[C@@H]3Cc1ccccc1. The van der Waals surface area contributed by atoms with Gasteiger partial charge in [0.05, 0.1) is 0 Å². The molecule has 4 aliphatic rings. The zero-order valence-electron chi connectivity index (χ0n) is 19.1. The maximum absolute atomic E-state index is 13.8. The molecule has 1 aliphatic carbocycles. The van der Waals surface area contributed by atoms with E-state index in [-0.39, 0.29) is 17.6 Å². The maximum atomic E-state index is 13.8. The summed E-state index contributed by atoms with van der Waals surface area (Å²) in [6, 6.07) is 18.2. The number of carbonyl (C=O) groups excluding carboxylic acids is 1. The Hall–Kier alpha value is -2.37. The minimum atomic E-state index is -0.525. The van der Waals surface area contributed by atoms with Gasteiger partial charge in [0.2, 0.25) is 5.91 Å². The summed E-state index contributed by atoms with van der Waals surface area (Å²) in [5.41, 5.74) is 1.79. The van der Waals surface area contributed by atoms with Crippen LogP contribution in [0.15, 0.2) is 54.6 Å². The normalized spacial score (nSPS) is 31.2. The predicted octanol–water partition coefficient (Wildman–Crippen LogP) is 3.19. The molecule has 170 valence electrons. The average molecular weight is 434 g/mol. The first-order valence-corrected chi connectivity index (χ1v) is 12.1. The van der Waals surface area contributed by atoms with Crippen LogP contribution in [0.25, 0.3) is 0 Å². The molecule has 3 aliphatic heterocycles. The predicted molar refractivity (Wildman–Crippen MR) is 126 cm³/mol. The summed E-state index contributed by atoms with van der Waals surface area (Å²) in [6.45, 7) is 8.23. The fraction of sp³-hybridized carbons (Fsp3) is 0.519. The lowest BCUT2D eigenvalue weighted by molar-refractivity contribution is -0.138. The van der Waals surface area contributed by atoms with E-state index in [9.17, 15) is 9.90 Å². The van der Waals surface area contributed by atoms with Crippen molar-refractivity contribution in [3.05, 3.63) is 65.7 Å². The molecule has 1 amide bonds. The molecule has 4 fully saturated rings. The van der Waals surface area contributed by atoms with E-state index in [2.05, 4.69) is 59.7 Å². The second kappa shape index (κ2) is 8.53. The second-order valence-corrected chi connectivity index (χ2v) is 10.5. The third kappa shape index (κ3) is 3.82. The van der Waals surface area contributed by atoms with E-state index in [1.807, 2.05) is 12.1 Å². The van der Waals surface area contributed by atoms with Crippen molar-refractivity contribution in [3.8, 4) is 5.75 Å². The molecule has 2 aromatic rings. The number of amides is 1. The molecule has 6 rings (SSSR count). The Bertz CT molecular complexity index is 945. The van der Waals surface area contributed by atoms with Crippen molar-refractivity contribution < 1.29 is 9.90 Å². The lowest BCUT2D eigenvalue weighted by Gasteiger charge is -2.56. The van der Waals surface area contributed by atoms with Crippen LogP contribution in [0, 0.1) is 23.7 Å². The topological polar surface area (TPSA) is 64.6 Å². The summed E-state index contributed by atoms with van der Waals surface area (Å²) < 4.78 is 0. The van der Waals surface area contributed by atoms with E-state index in [1.165, 1.54) is 5.56 Å². The van der Waals surface area contributed by atoms with Gasteiger partial charge < -0.3 is 15.7 Å². The highest BCUT2D eigenvalue weighted by molar-refractivity contribution is 5.87. The number of fused-ring (bicyclic) bond motifs is 1. The van der Waals surface area contributed by atoms with Crippen LogP contribution in [0.3, 0.4) is 0 Å². The van der Waals surface area contributed by atoms with Gasteiger partial charge in [-0.15, -0.1) is 0 Å². The first-order chi connectivity index (χ1) is 15.5. The number of phenolic OH excluding ortho intramolecular Hbond substituents is 1. The number of aromatic hydroxyl groups is 1. The largest absolute Gasteiger partial charge is 0.508 e. The zero-order chi connectivity index (χ0) is 22.3. The van der Waals surface area contributed by atoms with Crippen LogP contribution < -0.4 is 10.6 Å². The Kier molecular flexibility index (Phi) is 5.72. The van der Waals surface area contributed by atoms with E-state index >= 15 is 0 Å². The summed E-state index contributed by atoms with van der Waals surface area (Å²) in [5.74, 6) is 2.47. The molecular weight excluding hydrogens is 398 g/mol. The molecular formula is C27H35N3O2. The van der Waals surface area contributed by atoms with Crippen LogP contribution in [0.4, 0.5) is 0 Å². The summed E-state index contributed by atoms with van der Waals surface area (Å²) in [7, 11) is 0. The number of nitrogens with one attached hydrogen (secondary N) is 2. The van der Waals surface area contributed by atoms with Gasteiger partial charge in [0.1, 0.15) is 11.3 Å². The highest BCUT2D eigenvalue weighted by Crippen LogP contribution is 2.53. The minimum Gasteiger partial charge on any atom is -0.508 e. The van der Waals surface area contributed by atoms with Gasteiger partial charge in [-0.3, -0.25) is 9.69 Å². The maximum Gasteiger partial charge on any atom is 0.240 e. The van der Waals surface area contributed by atoms with Crippen LogP contribution in [0.5, 0.6) is 5.75 Å². The molecule has 2 aromatic carbocycles. The summed E-state index contributed by atoms with van der Waals surface area (Å²) in [6.07, 6.45) is 1.84. The van der Waals surface area contributed by atoms with Crippen molar-refractivity contribution in [1.82, 2.24) is 15.5 Å². The van der Waals surface area contributed by atoms with Gasteiger partial charge >= 0.3 is 0 Å². The van der Waals surface area contributed by atoms with Crippen LogP contribution in [-0.2, 0) is 17.8 Å². The Morgan fingerprint density at radius 2 is 1.91 bits per heavy atom. The van der Waals surface area contributed by atoms with Crippen LogP contribution >= 0.6 is 0 Å². The van der Waals surface area contributed by atoms with Gasteiger partial charge in [0.25, 0.3) is 0 Å². The van der Waals surface area contributed by atoms with E-state index in [1.54, 1.807) is 12.1 Å². The molecule has 5 atom stereocenters. The van der Waals surface area contributed by atoms with Gasteiger partial charge in [-0.1, -0.05) is 56.3 Å². The number of phenols is 1. The van der Waals surface area contributed by atoms with E-state index in [0.29, 0.717) is 30.3 Å². The first kappa shape index (κ1) is 21.5. The number of nitrogens with zero attached hydrogens (tertiary/aromatic N) is 1. The molecule has 1 saturated carbocycles. The Labute approximate surface area is 191 Å². The van der Waals surface area contributed by atoms with Crippen LogP contribution in [-0.4, -0.2) is 47.1 Å². The molecule has 3 N–H and O–H groups in total. The summed E-state index contributed by atoms with van der Waals surface area (Å²) in [4.78, 5) is 16.5. The van der Waals surface area contributed by atoms with Crippen molar-refractivity contribution >= 4 is 5.91 Å². The highest BCUT2D eigenvalue weighted by atomic mass is 16.3. The molecule has 0 spiro atoms. The molecule has 5 heteroatoms. The minimum absolute atomic E-state index is 0.131. The molecule has 4 bridgehead atoms. The first-order valence-electron chi connectivity index (χ1n) is 12.1. The standard InChI is InChI=1S/C27H35N3O2/c1-18(2)16-30-17-21-13-27(26(32)28-14-20-8-10-22(31)11-9-20)24(25(30)23(21)15-29-27)12-19-6-4-3-5-7-19/h3-11,18,21,23-25,29,31H,12-17H2,1-2H3,(H,28,32)/t21-,23-,24+,25+,27+/m1/s1. The van der Waals surface area contributed by atoms with E-state index in [0.717, 1.165) is 38.0 Å². The molecule has 32 heavy (non-hydrogen) atoms.